The van der Waals surface area contributed by atoms with Gasteiger partial charge in [0.15, 0.2) is 0 Å². The molecule has 0 N–H and O–H groups in total. The van der Waals surface area contributed by atoms with Crippen LogP contribution in [0.1, 0.15) is 66.2 Å². The third-order valence-corrected chi connectivity index (χ3v) is 8.20. The molecule has 2 heteroatoms. The molecule has 24 heavy (non-hydrogen) atoms. The van der Waals surface area contributed by atoms with Gasteiger partial charge in [0.2, 0.25) is 0 Å². The molecule has 0 aromatic heterocycles. The predicted molar refractivity (Wildman–Crippen MR) is 105 cm³/mol. The van der Waals surface area contributed by atoms with E-state index in [1.54, 1.807) is 5.57 Å². The van der Waals surface area contributed by atoms with Gasteiger partial charge in [-0.25, -0.2) is 0 Å². The van der Waals surface area contributed by atoms with Crippen LogP contribution < -0.4 is 0 Å². The van der Waals surface area contributed by atoms with Gasteiger partial charge in [0.05, 0.1) is 0 Å². The Hall–Kier alpha value is -0.340. The molecule has 0 heterocycles. The fourth-order valence-electron chi connectivity index (χ4n) is 6.68. The highest BCUT2D eigenvalue weighted by atomic mass is 15.0. The monoisotopic (exact) mass is 330 g/mol. The van der Waals surface area contributed by atoms with Crippen LogP contribution in [0.5, 0.6) is 0 Å². The van der Waals surface area contributed by atoms with E-state index in [1.807, 2.05) is 7.05 Å². The zero-order valence-electron chi connectivity index (χ0n) is 16.8. The summed E-state index contributed by atoms with van der Waals surface area (Å²) in [6, 6.07) is 0. The van der Waals surface area contributed by atoms with Gasteiger partial charge in [-0.05, 0) is 48.9 Å². The van der Waals surface area contributed by atoms with Crippen molar-refractivity contribution in [2.24, 2.45) is 35.5 Å². The SMILES string of the molecule is C=C1CCC2C3C(CCC2(C)[N-]C)C(C)CC(CC(C)(C)[N-]C)C13. The summed E-state index contributed by atoms with van der Waals surface area (Å²) >= 11 is 0. The molecular formula is C22H38N2-2. The van der Waals surface area contributed by atoms with Gasteiger partial charge in [-0.1, -0.05) is 65.0 Å². The molecule has 7 atom stereocenters. The molecule has 3 fully saturated rings. The molecule has 3 saturated carbocycles. The lowest BCUT2D eigenvalue weighted by molar-refractivity contribution is -0.0552. The van der Waals surface area contributed by atoms with Crippen LogP contribution in [0.3, 0.4) is 0 Å². The average Bonchev–Trinajstić information content (AvgIpc) is 2.53. The molecule has 0 aromatic rings. The molecule has 0 aliphatic heterocycles. The normalized spacial score (nSPS) is 45.8. The molecule has 0 radical (unpaired) electrons. The molecule has 2 nitrogen and oxygen atoms in total. The van der Waals surface area contributed by atoms with Crippen LogP contribution in [-0.4, -0.2) is 25.2 Å². The fraction of sp³-hybridized carbons (Fsp3) is 0.909. The first-order valence-electron chi connectivity index (χ1n) is 10.1. The van der Waals surface area contributed by atoms with Gasteiger partial charge in [-0.3, -0.25) is 0 Å². The van der Waals surface area contributed by atoms with Crippen molar-refractivity contribution >= 4 is 0 Å². The largest absolute Gasteiger partial charge is 0.660 e. The summed E-state index contributed by atoms with van der Waals surface area (Å²) in [7, 11) is 4.04. The van der Waals surface area contributed by atoms with Crippen molar-refractivity contribution in [2.45, 2.75) is 77.3 Å². The first kappa shape index (κ1) is 18.5. The van der Waals surface area contributed by atoms with Gasteiger partial charge in [0.25, 0.3) is 0 Å². The Bertz CT molecular complexity index is 482. The summed E-state index contributed by atoms with van der Waals surface area (Å²) in [5.41, 5.74) is 1.84. The highest BCUT2D eigenvalue weighted by Crippen LogP contribution is 2.62. The Balaban J connectivity index is 1.93. The van der Waals surface area contributed by atoms with E-state index in [0.29, 0.717) is 5.92 Å². The van der Waals surface area contributed by atoms with E-state index in [4.69, 9.17) is 5.32 Å². The second-order valence-electron chi connectivity index (χ2n) is 9.90. The third-order valence-electron chi connectivity index (χ3n) is 8.20. The van der Waals surface area contributed by atoms with Crippen molar-refractivity contribution in [2.75, 3.05) is 14.1 Å². The van der Waals surface area contributed by atoms with E-state index < -0.39 is 0 Å². The fourth-order valence-corrected chi connectivity index (χ4v) is 6.68. The third kappa shape index (κ3) is 2.98. The Morgan fingerprint density at radius 2 is 1.96 bits per heavy atom. The lowest BCUT2D eigenvalue weighted by Gasteiger charge is -2.65. The van der Waals surface area contributed by atoms with Crippen LogP contribution in [0.15, 0.2) is 12.2 Å². The van der Waals surface area contributed by atoms with Crippen LogP contribution in [0.2, 0.25) is 0 Å². The summed E-state index contributed by atoms with van der Waals surface area (Å²) in [5, 5.41) is 9.58. The van der Waals surface area contributed by atoms with E-state index in [2.05, 4.69) is 46.6 Å². The van der Waals surface area contributed by atoms with Gasteiger partial charge in [-0.15, -0.1) is 11.1 Å². The number of nitrogens with zero attached hydrogens (tertiary/aromatic N) is 2. The van der Waals surface area contributed by atoms with E-state index in [0.717, 1.165) is 29.6 Å². The minimum Gasteiger partial charge on any atom is -0.660 e. The molecule has 0 amide bonds. The van der Waals surface area contributed by atoms with Crippen LogP contribution in [0, 0.1) is 35.5 Å². The van der Waals surface area contributed by atoms with E-state index in [1.165, 1.54) is 38.5 Å². The van der Waals surface area contributed by atoms with Gasteiger partial charge < -0.3 is 10.6 Å². The maximum Gasteiger partial charge on any atom is -0.0145 e. The molecule has 7 unspecified atom stereocenters. The van der Waals surface area contributed by atoms with Crippen molar-refractivity contribution in [1.29, 1.82) is 0 Å². The summed E-state index contributed by atoms with van der Waals surface area (Å²) in [4.78, 5) is 0. The standard InChI is InChI=1S/C22H38N2/c1-14-8-9-18-20-17(10-11-22(18,5)24-7)15(2)12-16(19(14)20)13-21(3,4)23-6/h15-20H,1,8-13H2,2-7H3/q-2. The van der Waals surface area contributed by atoms with Crippen LogP contribution in [0.25, 0.3) is 10.6 Å². The number of allylic oxidation sites excluding steroid dienone is 1. The molecule has 0 saturated heterocycles. The first-order chi connectivity index (χ1) is 11.2. The highest BCUT2D eigenvalue weighted by molar-refractivity contribution is 5.22. The van der Waals surface area contributed by atoms with Crippen molar-refractivity contribution in [3.8, 4) is 0 Å². The maximum absolute atomic E-state index is 4.91. The van der Waals surface area contributed by atoms with Crippen molar-refractivity contribution in [3.63, 3.8) is 0 Å². The van der Waals surface area contributed by atoms with Crippen LogP contribution in [-0.2, 0) is 0 Å². The smallest absolute Gasteiger partial charge is 0.0145 e. The first-order valence-corrected chi connectivity index (χ1v) is 10.1. The Kier molecular flexibility index (Phi) is 4.94. The molecular weight excluding hydrogens is 292 g/mol. The van der Waals surface area contributed by atoms with E-state index in [9.17, 15) is 0 Å². The molecule has 0 bridgehead atoms. The highest BCUT2D eigenvalue weighted by Gasteiger charge is 2.53. The molecule has 0 spiro atoms. The van der Waals surface area contributed by atoms with Gasteiger partial charge in [0, 0.05) is 0 Å². The lowest BCUT2D eigenvalue weighted by Crippen LogP contribution is -2.56. The van der Waals surface area contributed by atoms with Crippen LogP contribution in [0.4, 0.5) is 0 Å². The van der Waals surface area contributed by atoms with Crippen molar-refractivity contribution in [3.05, 3.63) is 22.8 Å². The van der Waals surface area contributed by atoms with Crippen LogP contribution >= 0.6 is 0 Å². The molecule has 3 aliphatic rings. The molecule has 138 valence electrons. The number of hydrogen-bond acceptors (Lipinski definition) is 0. The second kappa shape index (κ2) is 6.43. The Labute approximate surface area is 150 Å². The van der Waals surface area contributed by atoms with Crippen molar-refractivity contribution in [1.82, 2.24) is 0 Å². The number of hydrogen-bond donors (Lipinski definition) is 0. The topological polar surface area (TPSA) is 28.2 Å². The molecule has 0 aromatic carbocycles. The Morgan fingerprint density at radius 3 is 2.58 bits per heavy atom. The van der Waals surface area contributed by atoms with Crippen molar-refractivity contribution < 1.29 is 0 Å². The lowest BCUT2D eigenvalue weighted by atomic mass is 9.46. The molecule has 3 aliphatic carbocycles. The number of rotatable bonds is 4. The van der Waals surface area contributed by atoms with E-state index in [-0.39, 0.29) is 11.1 Å². The minimum atomic E-state index is 0.0948. The summed E-state index contributed by atoms with van der Waals surface area (Å²) in [5.74, 6) is 4.80. The quantitative estimate of drug-likeness (QED) is 0.550. The summed E-state index contributed by atoms with van der Waals surface area (Å²) in [6.45, 7) is 14.1. The van der Waals surface area contributed by atoms with Gasteiger partial charge in [-0.2, -0.15) is 14.1 Å². The van der Waals surface area contributed by atoms with Gasteiger partial charge in [0.1, 0.15) is 0 Å². The zero-order chi connectivity index (χ0) is 17.7. The second-order valence-corrected chi connectivity index (χ2v) is 9.90. The molecule has 3 rings (SSSR count). The minimum absolute atomic E-state index is 0.0948. The Morgan fingerprint density at radius 1 is 1.25 bits per heavy atom. The predicted octanol–water partition coefficient (Wildman–Crippen LogP) is 6.19. The maximum atomic E-state index is 4.91. The van der Waals surface area contributed by atoms with E-state index >= 15 is 0 Å². The summed E-state index contributed by atoms with van der Waals surface area (Å²) in [6.07, 6.45) is 7.78. The average molecular weight is 331 g/mol. The zero-order valence-corrected chi connectivity index (χ0v) is 16.8. The summed E-state index contributed by atoms with van der Waals surface area (Å²) < 4.78 is 0. The van der Waals surface area contributed by atoms with Gasteiger partial charge >= 0.3 is 0 Å².